The van der Waals surface area contributed by atoms with Gasteiger partial charge in [0.2, 0.25) is 17.6 Å². The molecule has 1 fully saturated rings. The van der Waals surface area contributed by atoms with Gasteiger partial charge in [-0.25, -0.2) is 0 Å². The van der Waals surface area contributed by atoms with Crippen LogP contribution in [0, 0.1) is 5.92 Å². The Labute approximate surface area is 177 Å². The zero-order chi connectivity index (χ0) is 20.8. The smallest absolute Gasteiger partial charge is 0.241 e. The molecule has 1 saturated heterocycles. The minimum atomic E-state index is 0.0683. The normalized spacial score (nSPS) is 15.2. The highest BCUT2D eigenvalue weighted by atomic mass is 16.5. The summed E-state index contributed by atoms with van der Waals surface area (Å²) in [6, 6.07) is 18.3. The number of amides is 1. The largest absolute Gasteiger partial charge is 0.352 e. The lowest BCUT2D eigenvalue weighted by Gasteiger charge is -2.30. The first-order valence-electron chi connectivity index (χ1n) is 10.7. The molecule has 1 aromatic heterocycles. The fraction of sp³-hybridized carbons (Fsp3) is 0.375. The standard InChI is InChI=1S/C24H28N4O2/c1-2-18-8-10-19(11-9-18)16-25-24(29)21-12-14-28(15-13-21)17-22-26-23(27-30-22)20-6-4-3-5-7-20/h3-11,21H,2,12-17H2,1H3,(H,25,29). The summed E-state index contributed by atoms with van der Waals surface area (Å²) in [7, 11) is 0. The molecule has 1 amide bonds. The summed E-state index contributed by atoms with van der Waals surface area (Å²) in [4.78, 5) is 19.3. The third-order valence-electron chi connectivity index (χ3n) is 5.72. The molecule has 0 radical (unpaired) electrons. The number of rotatable bonds is 7. The summed E-state index contributed by atoms with van der Waals surface area (Å²) in [6.45, 7) is 5.06. The number of aromatic nitrogens is 2. The van der Waals surface area contributed by atoms with Gasteiger partial charge in [0.15, 0.2) is 0 Å². The van der Waals surface area contributed by atoms with Crippen LogP contribution < -0.4 is 5.32 Å². The van der Waals surface area contributed by atoms with Crippen molar-refractivity contribution in [2.75, 3.05) is 13.1 Å². The number of nitrogens with one attached hydrogen (secondary N) is 1. The molecule has 1 aliphatic rings. The zero-order valence-electron chi connectivity index (χ0n) is 17.4. The van der Waals surface area contributed by atoms with Crippen molar-refractivity contribution in [2.45, 2.75) is 39.3 Å². The van der Waals surface area contributed by atoms with Crippen molar-refractivity contribution < 1.29 is 9.32 Å². The van der Waals surface area contributed by atoms with Crippen LogP contribution in [0.2, 0.25) is 0 Å². The van der Waals surface area contributed by atoms with E-state index in [-0.39, 0.29) is 11.8 Å². The van der Waals surface area contributed by atoms with Crippen LogP contribution >= 0.6 is 0 Å². The minimum absolute atomic E-state index is 0.0683. The predicted molar refractivity (Wildman–Crippen MR) is 115 cm³/mol. The zero-order valence-corrected chi connectivity index (χ0v) is 17.4. The van der Waals surface area contributed by atoms with Crippen molar-refractivity contribution in [1.29, 1.82) is 0 Å². The Morgan fingerprint density at radius 1 is 1.07 bits per heavy atom. The quantitative estimate of drug-likeness (QED) is 0.648. The minimum Gasteiger partial charge on any atom is -0.352 e. The third kappa shape index (κ3) is 5.13. The van der Waals surface area contributed by atoms with E-state index in [1.165, 1.54) is 5.56 Å². The van der Waals surface area contributed by atoms with Gasteiger partial charge in [-0.15, -0.1) is 0 Å². The Hall–Kier alpha value is -2.99. The number of likely N-dealkylation sites (tertiary alicyclic amines) is 1. The van der Waals surface area contributed by atoms with Crippen molar-refractivity contribution >= 4 is 5.91 Å². The SMILES string of the molecule is CCc1ccc(CNC(=O)C2CCN(Cc3nc(-c4ccccc4)no3)CC2)cc1. The average molecular weight is 405 g/mol. The second kappa shape index (κ2) is 9.67. The van der Waals surface area contributed by atoms with Gasteiger partial charge in [-0.3, -0.25) is 9.69 Å². The van der Waals surface area contributed by atoms with Gasteiger partial charge in [0, 0.05) is 18.0 Å². The van der Waals surface area contributed by atoms with E-state index in [9.17, 15) is 4.79 Å². The second-order valence-corrected chi connectivity index (χ2v) is 7.82. The molecule has 2 aromatic carbocycles. The Morgan fingerprint density at radius 3 is 2.47 bits per heavy atom. The van der Waals surface area contributed by atoms with Crippen LogP contribution in [-0.2, 0) is 24.3 Å². The molecule has 1 aliphatic heterocycles. The fourth-order valence-corrected chi connectivity index (χ4v) is 3.79. The summed E-state index contributed by atoms with van der Waals surface area (Å²) in [5, 5.41) is 7.18. The molecular weight excluding hydrogens is 376 g/mol. The molecule has 0 atom stereocenters. The first kappa shape index (κ1) is 20.3. The van der Waals surface area contributed by atoms with E-state index in [4.69, 9.17) is 4.52 Å². The summed E-state index contributed by atoms with van der Waals surface area (Å²) in [5.74, 6) is 1.45. The van der Waals surface area contributed by atoms with Gasteiger partial charge in [0.25, 0.3) is 0 Å². The van der Waals surface area contributed by atoms with Crippen LogP contribution in [0.5, 0.6) is 0 Å². The monoisotopic (exact) mass is 404 g/mol. The number of hydrogen-bond acceptors (Lipinski definition) is 5. The van der Waals surface area contributed by atoms with Crippen LogP contribution in [0.4, 0.5) is 0 Å². The van der Waals surface area contributed by atoms with Gasteiger partial charge in [-0.2, -0.15) is 4.98 Å². The van der Waals surface area contributed by atoms with E-state index in [1.54, 1.807) is 0 Å². The predicted octanol–water partition coefficient (Wildman–Crippen LogP) is 3.83. The summed E-state index contributed by atoms with van der Waals surface area (Å²) in [5.41, 5.74) is 3.41. The second-order valence-electron chi connectivity index (χ2n) is 7.82. The van der Waals surface area contributed by atoms with E-state index in [2.05, 4.69) is 51.5 Å². The van der Waals surface area contributed by atoms with Crippen LogP contribution in [0.15, 0.2) is 59.1 Å². The van der Waals surface area contributed by atoms with Crippen molar-refractivity contribution in [2.24, 2.45) is 5.92 Å². The molecule has 3 aromatic rings. The Kier molecular flexibility index (Phi) is 6.54. The number of carbonyl (C=O) groups excluding carboxylic acids is 1. The maximum atomic E-state index is 12.5. The van der Waals surface area contributed by atoms with Gasteiger partial charge in [0.05, 0.1) is 6.54 Å². The first-order chi connectivity index (χ1) is 14.7. The van der Waals surface area contributed by atoms with Gasteiger partial charge in [-0.05, 0) is 43.5 Å². The van der Waals surface area contributed by atoms with Crippen LogP contribution in [0.25, 0.3) is 11.4 Å². The number of hydrogen-bond donors (Lipinski definition) is 1. The van der Waals surface area contributed by atoms with Crippen molar-refractivity contribution in [3.05, 3.63) is 71.6 Å². The molecule has 6 heteroatoms. The average Bonchev–Trinajstić information content (AvgIpc) is 3.27. The molecule has 0 aliphatic carbocycles. The molecule has 0 spiro atoms. The van der Waals surface area contributed by atoms with Crippen molar-refractivity contribution in [3.63, 3.8) is 0 Å². The van der Waals surface area contributed by atoms with Gasteiger partial charge in [-0.1, -0.05) is 66.7 Å². The Balaban J connectivity index is 1.22. The fourth-order valence-electron chi connectivity index (χ4n) is 3.79. The summed E-state index contributed by atoms with van der Waals surface area (Å²) >= 11 is 0. The topological polar surface area (TPSA) is 71.3 Å². The lowest BCUT2D eigenvalue weighted by molar-refractivity contribution is -0.126. The Morgan fingerprint density at radius 2 is 1.77 bits per heavy atom. The highest BCUT2D eigenvalue weighted by molar-refractivity contribution is 5.78. The number of aryl methyl sites for hydroxylation is 1. The van der Waals surface area contributed by atoms with Gasteiger partial charge >= 0.3 is 0 Å². The first-order valence-corrected chi connectivity index (χ1v) is 10.7. The van der Waals surface area contributed by atoms with Crippen LogP contribution in [-0.4, -0.2) is 34.0 Å². The highest BCUT2D eigenvalue weighted by Gasteiger charge is 2.25. The lowest BCUT2D eigenvalue weighted by atomic mass is 9.96. The molecule has 156 valence electrons. The number of carbonyl (C=O) groups is 1. The van der Waals surface area contributed by atoms with Crippen LogP contribution in [0.3, 0.4) is 0 Å². The molecule has 2 heterocycles. The Bertz CT molecular complexity index is 945. The van der Waals surface area contributed by atoms with Crippen molar-refractivity contribution in [3.8, 4) is 11.4 Å². The van der Waals surface area contributed by atoms with E-state index >= 15 is 0 Å². The molecule has 0 bridgehead atoms. The van der Waals surface area contributed by atoms with E-state index < -0.39 is 0 Å². The van der Waals surface area contributed by atoms with E-state index in [0.29, 0.717) is 24.8 Å². The van der Waals surface area contributed by atoms with E-state index in [0.717, 1.165) is 43.5 Å². The molecule has 0 unspecified atom stereocenters. The number of benzene rings is 2. The highest BCUT2D eigenvalue weighted by Crippen LogP contribution is 2.20. The molecule has 30 heavy (non-hydrogen) atoms. The van der Waals surface area contributed by atoms with Crippen molar-refractivity contribution in [1.82, 2.24) is 20.4 Å². The molecule has 0 saturated carbocycles. The number of piperidine rings is 1. The van der Waals surface area contributed by atoms with E-state index in [1.807, 2.05) is 30.3 Å². The maximum absolute atomic E-state index is 12.5. The molecule has 6 nitrogen and oxygen atoms in total. The number of nitrogens with zero attached hydrogens (tertiary/aromatic N) is 3. The lowest BCUT2D eigenvalue weighted by Crippen LogP contribution is -2.40. The molecule has 4 rings (SSSR count). The molecular formula is C24H28N4O2. The van der Waals surface area contributed by atoms with Gasteiger partial charge in [0.1, 0.15) is 0 Å². The van der Waals surface area contributed by atoms with Gasteiger partial charge < -0.3 is 9.84 Å². The molecule has 1 N–H and O–H groups in total. The maximum Gasteiger partial charge on any atom is 0.241 e. The summed E-state index contributed by atoms with van der Waals surface area (Å²) < 4.78 is 5.42. The summed E-state index contributed by atoms with van der Waals surface area (Å²) in [6.07, 6.45) is 2.73. The third-order valence-corrected chi connectivity index (χ3v) is 5.72. The van der Waals surface area contributed by atoms with Crippen LogP contribution in [0.1, 0.15) is 36.8 Å².